The zero-order valence-electron chi connectivity index (χ0n) is 15.9. The van der Waals surface area contributed by atoms with Crippen LogP contribution >= 0.6 is 0 Å². The Morgan fingerprint density at radius 2 is 1.70 bits per heavy atom. The maximum atomic E-state index is 13.1. The van der Waals surface area contributed by atoms with E-state index in [0.29, 0.717) is 18.7 Å². The van der Waals surface area contributed by atoms with Gasteiger partial charge in [-0.15, -0.1) is 0 Å². The predicted octanol–water partition coefficient (Wildman–Crippen LogP) is 3.85. The van der Waals surface area contributed by atoms with Gasteiger partial charge in [-0.2, -0.15) is 0 Å². The average Bonchev–Trinajstić information content (AvgIpc) is 2.62. The first kappa shape index (κ1) is 21.1. The van der Waals surface area contributed by atoms with Gasteiger partial charge in [0, 0.05) is 19.5 Å². The van der Waals surface area contributed by atoms with Crippen LogP contribution in [0.2, 0.25) is 0 Å². The number of aryl methyl sites for hydroxylation is 1. The van der Waals surface area contributed by atoms with E-state index in [1.807, 2.05) is 37.3 Å². The predicted molar refractivity (Wildman–Crippen MR) is 109 cm³/mol. The lowest BCUT2D eigenvalue weighted by atomic mass is 10.1. The van der Waals surface area contributed by atoms with E-state index in [9.17, 15) is 13.2 Å². The van der Waals surface area contributed by atoms with Crippen molar-refractivity contribution in [1.82, 2.24) is 5.32 Å². The lowest BCUT2D eigenvalue weighted by Gasteiger charge is -2.20. The van der Waals surface area contributed by atoms with Gasteiger partial charge in [0.05, 0.1) is 10.1 Å². The highest BCUT2D eigenvalue weighted by atomic mass is 32.2. The van der Waals surface area contributed by atoms with E-state index in [1.165, 1.54) is 6.92 Å². The first-order chi connectivity index (χ1) is 12.8. The fourth-order valence-electron chi connectivity index (χ4n) is 2.88. The molecule has 0 amide bonds. The number of rotatable bonds is 10. The van der Waals surface area contributed by atoms with Crippen LogP contribution in [0.3, 0.4) is 0 Å². The molecule has 0 aromatic heterocycles. The minimum Gasteiger partial charge on any atom is -0.309 e. The molecule has 0 saturated heterocycles. The molecule has 27 heavy (non-hydrogen) atoms. The molecular formula is C22H27NO3S. The van der Waals surface area contributed by atoms with E-state index in [-0.39, 0.29) is 23.5 Å². The van der Waals surface area contributed by atoms with Gasteiger partial charge < -0.3 is 10.1 Å². The molecule has 144 valence electrons. The molecule has 4 nitrogen and oxygen atoms in total. The number of benzene rings is 2. The first-order valence-electron chi connectivity index (χ1n) is 9.03. The van der Waals surface area contributed by atoms with Crippen LogP contribution < -0.4 is 5.32 Å². The highest BCUT2D eigenvalue weighted by molar-refractivity contribution is 7.92. The minimum atomic E-state index is -3.60. The van der Waals surface area contributed by atoms with Crippen LogP contribution in [0.1, 0.15) is 30.9 Å². The third-order valence-corrected chi connectivity index (χ3v) is 6.71. The SMILES string of the molecule is C=C(CNCc1ccccc1)C(CCC(C)=O)S(=O)(=O)c1ccc(C)cc1. The molecule has 2 rings (SSSR count). The molecule has 0 aliphatic heterocycles. The van der Waals surface area contributed by atoms with Crippen molar-refractivity contribution in [3.05, 3.63) is 77.9 Å². The Bertz CT molecular complexity index is 872. The molecule has 1 atom stereocenters. The Balaban J connectivity index is 2.13. The first-order valence-corrected chi connectivity index (χ1v) is 10.6. The Morgan fingerprint density at radius 1 is 1.07 bits per heavy atom. The highest BCUT2D eigenvalue weighted by Gasteiger charge is 2.29. The fourth-order valence-corrected chi connectivity index (χ4v) is 4.68. The van der Waals surface area contributed by atoms with E-state index in [2.05, 4.69) is 11.9 Å². The molecule has 0 fully saturated rings. The van der Waals surface area contributed by atoms with Crippen LogP contribution in [0.5, 0.6) is 0 Å². The Hall–Kier alpha value is -2.24. The van der Waals surface area contributed by atoms with Crippen molar-refractivity contribution in [1.29, 1.82) is 0 Å². The maximum Gasteiger partial charge on any atom is 0.185 e. The van der Waals surface area contributed by atoms with Crippen molar-refractivity contribution >= 4 is 15.6 Å². The summed E-state index contributed by atoms with van der Waals surface area (Å²) in [7, 11) is -3.60. The molecular weight excluding hydrogens is 358 g/mol. The van der Waals surface area contributed by atoms with Gasteiger partial charge in [0.25, 0.3) is 0 Å². The van der Waals surface area contributed by atoms with Gasteiger partial charge in [-0.25, -0.2) is 8.42 Å². The third-order valence-electron chi connectivity index (χ3n) is 4.46. The Morgan fingerprint density at radius 3 is 2.30 bits per heavy atom. The average molecular weight is 386 g/mol. The second-order valence-electron chi connectivity index (χ2n) is 6.83. The van der Waals surface area contributed by atoms with Gasteiger partial charge in [-0.3, -0.25) is 0 Å². The quantitative estimate of drug-likeness (QED) is 0.631. The fraction of sp³-hybridized carbons (Fsp3) is 0.318. The molecule has 0 heterocycles. The summed E-state index contributed by atoms with van der Waals surface area (Å²) in [5.41, 5.74) is 2.69. The summed E-state index contributed by atoms with van der Waals surface area (Å²) in [6.45, 7) is 8.42. The topological polar surface area (TPSA) is 63.2 Å². The molecule has 1 N–H and O–H groups in total. The number of nitrogens with one attached hydrogen (secondary N) is 1. The zero-order valence-corrected chi connectivity index (χ0v) is 16.8. The van der Waals surface area contributed by atoms with E-state index in [0.717, 1.165) is 11.1 Å². The molecule has 0 saturated carbocycles. The van der Waals surface area contributed by atoms with E-state index in [1.54, 1.807) is 24.3 Å². The smallest absolute Gasteiger partial charge is 0.185 e. The van der Waals surface area contributed by atoms with Crippen LogP contribution in [-0.4, -0.2) is 26.0 Å². The molecule has 5 heteroatoms. The van der Waals surface area contributed by atoms with Crippen LogP contribution in [-0.2, 0) is 21.2 Å². The molecule has 2 aromatic carbocycles. The van der Waals surface area contributed by atoms with Gasteiger partial charge in [0.1, 0.15) is 5.78 Å². The molecule has 0 aliphatic rings. The van der Waals surface area contributed by atoms with E-state index >= 15 is 0 Å². The summed E-state index contributed by atoms with van der Waals surface area (Å²) < 4.78 is 26.3. The van der Waals surface area contributed by atoms with Gasteiger partial charge >= 0.3 is 0 Å². The summed E-state index contributed by atoms with van der Waals surface area (Å²) >= 11 is 0. The molecule has 0 spiro atoms. The van der Waals surface area contributed by atoms with Crippen LogP contribution in [0.4, 0.5) is 0 Å². The number of ketones is 1. The van der Waals surface area contributed by atoms with Crippen molar-refractivity contribution in [2.45, 2.75) is 43.4 Å². The monoisotopic (exact) mass is 385 g/mol. The number of carbonyl (C=O) groups is 1. The van der Waals surface area contributed by atoms with Crippen molar-refractivity contribution in [3.63, 3.8) is 0 Å². The number of hydrogen-bond acceptors (Lipinski definition) is 4. The highest BCUT2D eigenvalue weighted by Crippen LogP contribution is 2.25. The van der Waals surface area contributed by atoms with Gasteiger partial charge in [-0.1, -0.05) is 54.6 Å². The standard InChI is InChI=1S/C22H27NO3S/c1-17-9-12-21(13-10-17)27(25,26)22(14-11-19(3)24)18(2)15-23-16-20-7-5-4-6-8-20/h4-10,12-13,22-23H,2,11,14-16H2,1,3H3. The van der Waals surface area contributed by atoms with E-state index in [4.69, 9.17) is 0 Å². The van der Waals surface area contributed by atoms with Crippen LogP contribution in [0, 0.1) is 6.92 Å². The van der Waals surface area contributed by atoms with Gasteiger partial charge in [0.2, 0.25) is 0 Å². The molecule has 0 bridgehead atoms. The second-order valence-corrected chi connectivity index (χ2v) is 8.97. The zero-order chi connectivity index (χ0) is 19.9. The summed E-state index contributed by atoms with van der Waals surface area (Å²) in [4.78, 5) is 11.7. The molecule has 0 aliphatic carbocycles. The second kappa shape index (κ2) is 9.62. The largest absolute Gasteiger partial charge is 0.309 e. The van der Waals surface area contributed by atoms with Crippen molar-refractivity contribution in [2.75, 3.05) is 6.54 Å². The van der Waals surface area contributed by atoms with Gasteiger partial charge in [0.15, 0.2) is 9.84 Å². The summed E-state index contributed by atoms with van der Waals surface area (Å²) in [5, 5.41) is 2.47. The third kappa shape index (κ3) is 6.15. The minimum absolute atomic E-state index is 0.0239. The van der Waals surface area contributed by atoms with Gasteiger partial charge in [-0.05, 0) is 43.5 Å². The van der Waals surface area contributed by atoms with E-state index < -0.39 is 15.1 Å². The number of sulfone groups is 1. The lowest BCUT2D eigenvalue weighted by molar-refractivity contribution is -0.117. The summed E-state index contributed by atoms with van der Waals surface area (Å²) in [5.74, 6) is -0.0239. The summed E-state index contributed by atoms with van der Waals surface area (Å²) in [6, 6.07) is 16.7. The van der Waals surface area contributed by atoms with Crippen molar-refractivity contribution in [3.8, 4) is 0 Å². The Kier molecular flexibility index (Phi) is 7.51. The number of carbonyl (C=O) groups excluding carboxylic acids is 1. The molecule has 0 radical (unpaired) electrons. The summed E-state index contributed by atoms with van der Waals surface area (Å²) in [6.07, 6.45) is 0.463. The van der Waals surface area contributed by atoms with Crippen molar-refractivity contribution < 1.29 is 13.2 Å². The Labute approximate surface area is 162 Å². The van der Waals surface area contributed by atoms with Crippen LogP contribution in [0.25, 0.3) is 0 Å². The van der Waals surface area contributed by atoms with Crippen molar-refractivity contribution in [2.24, 2.45) is 0 Å². The molecule has 1 unspecified atom stereocenters. The van der Waals surface area contributed by atoms with Crippen LogP contribution in [0.15, 0.2) is 71.6 Å². The number of hydrogen-bond donors (Lipinski definition) is 1. The lowest BCUT2D eigenvalue weighted by Crippen LogP contribution is -2.30. The maximum absolute atomic E-state index is 13.1. The number of Topliss-reactive ketones (excluding diaryl/α,β-unsaturated/α-hetero) is 1. The molecule has 2 aromatic rings. The normalized spacial score (nSPS) is 12.5.